The molecule has 118 valence electrons. The van der Waals surface area contributed by atoms with Gasteiger partial charge in [0, 0.05) is 6.20 Å². The fourth-order valence-electron chi connectivity index (χ4n) is 1.70. The zero-order valence-electron chi connectivity index (χ0n) is 11.6. The standard InChI is InChI=1S/C14H13F3N2O3/c1-2-7-21-13-10(9-20)8-19(18-13)11-3-5-12(6-4-11)22-14(15,16)17/h3-6,8-9H,2,7H2,1H3. The van der Waals surface area contributed by atoms with Crippen LogP contribution in [0.2, 0.25) is 0 Å². The Hall–Kier alpha value is -2.51. The van der Waals surface area contributed by atoms with Crippen molar-refractivity contribution in [2.45, 2.75) is 19.7 Å². The number of rotatable bonds is 6. The van der Waals surface area contributed by atoms with Crippen LogP contribution >= 0.6 is 0 Å². The van der Waals surface area contributed by atoms with Gasteiger partial charge in [0.15, 0.2) is 6.29 Å². The van der Waals surface area contributed by atoms with Gasteiger partial charge in [-0.25, -0.2) is 4.68 Å². The van der Waals surface area contributed by atoms with E-state index >= 15 is 0 Å². The molecule has 2 rings (SSSR count). The molecule has 1 aromatic carbocycles. The molecule has 0 aliphatic heterocycles. The van der Waals surface area contributed by atoms with Crippen LogP contribution in [-0.4, -0.2) is 29.0 Å². The van der Waals surface area contributed by atoms with Crippen LogP contribution in [-0.2, 0) is 0 Å². The summed E-state index contributed by atoms with van der Waals surface area (Å²) in [7, 11) is 0. The van der Waals surface area contributed by atoms with Gasteiger partial charge in [0.2, 0.25) is 5.88 Å². The van der Waals surface area contributed by atoms with Gasteiger partial charge in [0.25, 0.3) is 0 Å². The molecule has 0 saturated heterocycles. The van der Waals surface area contributed by atoms with Crippen LogP contribution in [0.15, 0.2) is 30.5 Å². The second-order valence-electron chi connectivity index (χ2n) is 4.34. The molecule has 0 amide bonds. The lowest BCUT2D eigenvalue weighted by atomic mass is 10.3. The SMILES string of the molecule is CCCOc1nn(-c2ccc(OC(F)(F)F)cc2)cc1C=O. The Balaban J connectivity index is 2.21. The average molecular weight is 314 g/mol. The van der Waals surface area contributed by atoms with Crippen LogP contribution in [0, 0.1) is 0 Å². The highest BCUT2D eigenvalue weighted by molar-refractivity contribution is 5.78. The minimum absolute atomic E-state index is 0.187. The molecule has 0 bridgehead atoms. The summed E-state index contributed by atoms with van der Waals surface area (Å²) in [6.45, 7) is 2.33. The molecule has 0 aliphatic rings. The fourth-order valence-corrected chi connectivity index (χ4v) is 1.70. The van der Waals surface area contributed by atoms with Crippen molar-refractivity contribution >= 4 is 6.29 Å². The summed E-state index contributed by atoms with van der Waals surface area (Å²) in [5, 5.41) is 4.09. The normalized spacial score (nSPS) is 11.3. The third kappa shape index (κ3) is 4.00. The van der Waals surface area contributed by atoms with Gasteiger partial charge in [-0.15, -0.1) is 18.3 Å². The quantitative estimate of drug-likeness (QED) is 0.767. The summed E-state index contributed by atoms with van der Waals surface area (Å²) in [4.78, 5) is 11.0. The maximum Gasteiger partial charge on any atom is 0.573 e. The number of carbonyl (C=O) groups excluding carboxylic acids is 1. The van der Waals surface area contributed by atoms with Crippen molar-refractivity contribution < 1.29 is 27.4 Å². The van der Waals surface area contributed by atoms with Crippen LogP contribution in [0.1, 0.15) is 23.7 Å². The van der Waals surface area contributed by atoms with Gasteiger partial charge in [-0.2, -0.15) is 0 Å². The third-order valence-corrected chi connectivity index (χ3v) is 2.61. The van der Waals surface area contributed by atoms with E-state index in [1.807, 2.05) is 6.92 Å². The van der Waals surface area contributed by atoms with Crippen LogP contribution in [0.5, 0.6) is 11.6 Å². The predicted octanol–water partition coefficient (Wildman–Crippen LogP) is 3.37. The van der Waals surface area contributed by atoms with E-state index in [2.05, 4.69) is 9.84 Å². The number of hydrogen-bond donors (Lipinski definition) is 0. The molecule has 1 aromatic heterocycles. The number of aromatic nitrogens is 2. The summed E-state index contributed by atoms with van der Waals surface area (Å²) in [5.41, 5.74) is 0.744. The fraction of sp³-hybridized carbons (Fsp3) is 0.286. The van der Waals surface area contributed by atoms with Gasteiger partial charge in [0.1, 0.15) is 5.75 Å². The van der Waals surface area contributed by atoms with Crippen molar-refractivity contribution in [3.05, 3.63) is 36.0 Å². The lowest BCUT2D eigenvalue weighted by Gasteiger charge is -2.09. The minimum atomic E-state index is -4.74. The topological polar surface area (TPSA) is 53.4 Å². The Morgan fingerprint density at radius 1 is 1.27 bits per heavy atom. The molecular weight excluding hydrogens is 301 g/mol. The zero-order chi connectivity index (χ0) is 16.2. The number of alkyl halides is 3. The Kier molecular flexibility index (Phi) is 4.69. The third-order valence-electron chi connectivity index (χ3n) is 2.61. The van der Waals surface area contributed by atoms with E-state index in [0.717, 1.165) is 18.6 Å². The van der Waals surface area contributed by atoms with Crippen LogP contribution < -0.4 is 9.47 Å². The van der Waals surface area contributed by atoms with Crippen molar-refractivity contribution in [1.82, 2.24) is 9.78 Å². The first kappa shape index (κ1) is 15.9. The van der Waals surface area contributed by atoms with Gasteiger partial charge in [-0.1, -0.05) is 6.92 Å². The number of hydrogen-bond acceptors (Lipinski definition) is 4. The summed E-state index contributed by atoms with van der Waals surface area (Å²) in [5.74, 6) is -0.144. The Morgan fingerprint density at radius 3 is 2.50 bits per heavy atom. The van der Waals surface area contributed by atoms with Crippen molar-refractivity contribution in [3.63, 3.8) is 0 Å². The van der Waals surface area contributed by atoms with Gasteiger partial charge in [-0.3, -0.25) is 4.79 Å². The molecule has 0 radical (unpaired) electrons. The highest BCUT2D eigenvalue weighted by Crippen LogP contribution is 2.24. The second-order valence-corrected chi connectivity index (χ2v) is 4.34. The molecule has 0 fully saturated rings. The molecule has 1 heterocycles. The molecular formula is C14H13F3N2O3. The van der Waals surface area contributed by atoms with Gasteiger partial charge >= 0.3 is 6.36 Å². The summed E-state index contributed by atoms with van der Waals surface area (Å²) >= 11 is 0. The van der Waals surface area contributed by atoms with Gasteiger partial charge < -0.3 is 9.47 Å². The maximum absolute atomic E-state index is 12.1. The molecule has 0 atom stereocenters. The molecule has 0 unspecified atom stereocenters. The summed E-state index contributed by atoms with van der Waals surface area (Å²) in [6.07, 6.45) is -1.93. The largest absolute Gasteiger partial charge is 0.573 e. The van der Waals surface area contributed by atoms with Crippen molar-refractivity contribution in [1.29, 1.82) is 0 Å². The molecule has 5 nitrogen and oxygen atoms in total. The number of aldehydes is 1. The van der Waals surface area contributed by atoms with Gasteiger partial charge in [-0.05, 0) is 30.7 Å². The molecule has 2 aromatic rings. The predicted molar refractivity (Wildman–Crippen MR) is 71.4 cm³/mol. The summed E-state index contributed by atoms with van der Waals surface area (Å²) in [6, 6.07) is 5.12. The van der Waals surface area contributed by atoms with Gasteiger partial charge in [0.05, 0.1) is 17.9 Å². The van der Waals surface area contributed by atoms with Crippen molar-refractivity contribution in [2.75, 3.05) is 6.61 Å². The number of benzene rings is 1. The number of carbonyl (C=O) groups is 1. The molecule has 0 aliphatic carbocycles. The Labute approximate surface area is 124 Å². The molecule has 0 spiro atoms. The number of halogens is 3. The van der Waals surface area contributed by atoms with Crippen LogP contribution in [0.4, 0.5) is 13.2 Å². The Morgan fingerprint density at radius 2 is 1.95 bits per heavy atom. The first-order chi connectivity index (χ1) is 10.4. The lowest BCUT2D eigenvalue weighted by molar-refractivity contribution is -0.274. The van der Waals surface area contributed by atoms with E-state index in [-0.39, 0.29) is 17.2 Å². The highest BCUT2D eigenvalue weighted by Gasteiger charge is 2.31. The minimum Gasteiger partial charge on any atom is -0.476 e. The molecule has 0 saturated carbocycles. The van der Waals surface area contributed by atoms with E-state index in [9.17, 15) is 18.0 Å². The zero-order valence-corrected chi connectivity index (χ0v) is 11.6. The smallest absolute Gasteiger partial charge is 0.476 e. The van der Waals surface area contributed by atoms with E-state index in [1.54, 1.807) is 0 Å². The first-order valence-corrected chi connectivity index (χ1v) is 6.46. The number of ether oxygens (including phenoxy) is 2. The molecule has 22 heavy (non-hydrogen) atoms. The summed E-state index contributed by atoms with van der Waals surface area (Å²) < 4.78 is 46.7. The second kappa shape index (κ2) is 6.50. The van der Waals surface area contributed by atoms with Crippen molar-refractivity contribution in [3.8, 4) is 17.3 Å². The lowest BCUT2D eigenvalue weighted by Crippen LogP contribution is -2.17. The number of nitrogens with zero attached hydrogens (tertiary/aromatic N) is 2. The first-order valence-electron chi connectivity index (χ1n) is 6.46. The average Bonchev–Trinajstić information content (AvgIpc) is 2.87. The highest BCUT2D eigenvalue weighted by atomic mass is 19.4. The van der Waals surface area contributed by atoms with E-state index in [1.165, 1.54) is 23.0 Å². The monoisotopic (exact) mass is 314 g/mol. The molecule has 8 heteroatoms. The van der Waals surface area contributed by atoms with Crippen LogP contribution in [0.3, 0.4) is 0 Å². The Bertz CT molecular complexity index is 636. The van der Waals surface area contributed by atoms with Crippen LogP contribution in [0.25, 0.3) is 5.69 Å². The maximum atomic E-state index is 12.1. The van der Waals surface area contributed by atoms with Crippen molar-refractivity contribution in [2.24, 2.45) is 0 Å². The van der Waals surface area contributed by atoms with E-state index < -0.39 is 6.36 Å². The van der Waals surface area contributed by atoms with E-state index in [4.69, 9.17) is 4.74 Å². The van der Waals surface area contributed by atoms with E-state index in [0.29, 0.717) is 18.6 Å². The molecule has 0 N–H and O–H groups in total.